The van der Waals surface area contributed by atoms with Crippen LogP contribution in [0.15, 0.2) is 24.3 Å². The van der Waals surface area contributed by atoms with Crippen LogP contribution in [-0.2, 0) is 6.42 Å². The summed E-state index contributed by atoms with van der Waals surface area (Å²) < 4.78 is 1.27. The van der Waals surface area contributed by atoms with Crippen molar-refractivity contribution in [1.29, 1.82) is 0 Å². The quantitative estimate of drug-likeness (QED) is 0.772. The number of benzene rings is 1. The van der Waals surface area contributed by atoms with Gasteiger partial charge in [-0.2, -0.15) is 0 Å². The van der Waals surface area contributed by atoms with Crippen molar-refractivity contribution in [2.75, 3.05) is 0 Å². The number of nitrogens with two attached hydrogens (primary N) is 1. The molecule has 0 bridgehead atoms. The summed E-state index contributed by atoms with van der Waals surface area (Å²) in [5, 5.41) is 1.06. The van der Waals surface area contributed by atoms with Gasteiger partial charge in [0.25, 0.3) is 0 Å². The third kappa shape index (κ3) is 3.32. The topological polar surface area (TPSA) is 26.0 Å². The number of hydrogen-bond acceptors (Lipinski definition) is 2. The molecule has 0 aliphatic rings. The largest absolute Gasteiger partial charge is 0.324 e. The van der Waals surface area contributed by atoms with Gasteiger partial charge < -0.3 is 5.73 Å². The minimum atomic E-state index is -0.210. The van der Waals surface area contributed by atoms with Gasteiger partial charge in [0.2, 0.25) is 0 Å². The highest BCUT2D eigenvalue weighted by molar-refractivity contribution is 7.20. The highest BCUT2D eigenvalue weighted by Crippen LogP contribution is 2.35. The Balaban J connectivity index is 2.18. The number of thiophene rings is 1. The molecule has 0 radical (unpaired) electrons. The first-order valence-electron chi connectivity index (χ1n) is 5.11. The fourth-order valence-electron chi connectivity index (χ4n) is 1.64. The molecule has 0 aliphatic heterocycles. The van der Waals surface area contributed by atoms with Gasteiger partial charge in [0.1, 0.15) is 0 Å². The first-order chi connectivity index (χ1) is 8.47. The maximum Gasteiger partial charge on any atom is 0.0992 e. The van der Waals surface area contributed by atoms with E-state index in [1.165, 1.54) is 11.3 Å². The van der Waals surface area contributed by atoms with E-state index in [2.05, 4.69) is 0 Å². The lowest BCUT2D eigenvalue weighted by Gasteiger charge is -2.11. The summed E-state index contributed by atoms with van der Waals surface area (Å²) in [6, 6.07) is 7.06. The molecule has 1 atom stereocenters. The molecule has 1 nitrogen and oxygen atoms in total. The zero-order valence-corrected chi connectivity index (χ0v) is 12.9. The molecule has 96 valence electrons. The molecule has 6 heteroatoms. The molecule has 0 fully saturated rings. The molecule has 0 amide bonds. The van der Waals surface area contributed by atoms with Gasteiger partial charge in [-0.15, -0.1) is 11.3 Å². The van der Waals surface area contributed by atoms with Crippen LogP contribution in [0.3, 0.4) is 0 Å². The highest BCUT2D eigenvalue weighted by atomic mass is 35.5. The van der Waals surface area contributed by atoms with E-state index < -0.39 is 0 Å². The van der Waals surface area contributed by atoms with Crippen LogP contribution in [0, 0.1) is 0 Å². The van der Waals surface area contributed by atoms with E-state index in [4.69, 9.17) is 52.1 Å². The number of halogens is 4. The summed E-state index contributed by atoms with van der Waals surface area (Å²) in [5.74, 6) is 0. The monoisotopic (exact) mass is 339 g/mol. The van der Waals surface area contributed by atoms with Crippen LogP contribution in [-0.4, -0.2) is 0 Å². The molecule has 0 aliphatic carbocycles. The lowest BCUT2D eigenvalue weighted by molar-refractivity contribution is 0.725. The minimum Gasteiger partial charge on any atom is -0.324 e. The Bertz CT molecular complexity index is 567. The summed E-state index contributed by atoms with van der Waals surface area (Å²) in [4.78, 5) is 0. The Morgan fingerprint density at radius 1 is 1.06 bits per heavy atom. The Morgan fingerprint density at radius 2 is 1.78 bits per heavy atom. The molecule has 1 unspecified atom stereocenters. The van der Waals surface area contributed by atoms with Crippen LogP contribution in [0.5, 0.6) is 0 Å². The normalized spacial score (nSPS) is 12.7. The SMILES string of the molecule is NC(Cc1ccc(Cl)c(Cl)c1)c1cc(Cl)sc1Cl. The lowest BCUT2D eigenvalue weighted by atomic mass is 10.0. The fourth-order valence-corrected chi connectivity index (χ4v) is 3.55. The van der Waals surface area contributed by atoms with Crippen LogP contribution in [0.4, 0.5) is 0 Å². The summed E-state index contributed by atoms with van der Waals surface area (Å²) in [7, 11) is 0. The fraction of sp³-hybridized carbons (Fsp3) is 0.167. The van der Waals surface area contributed by atoms with Crippen molar-refractivity contribution in [1.82, 2.24) is 0 Å². The molecule has 1 aromatic heterocycles. The van der Waals surface area contributed by atoms with Gasteiger partial charge in [-0.3, -0.25) is 0 Å². The van der Waals surface area contributed by atoms with Crippen LogP contribution in [0.1, 0.15) is 17.2 Å². The first-order valence-corrected chi connectivity index (χ1v) is 7.44. The van der Waals surface area contributed by atoms with E-state index in [9.17, 15) is 0 Å². The van der Waals surface area contributed by atoms with Crippen molar-refractivity contribution in [2.45, 2.75) is 12.5 Å². The van der Waals surface area contributed by atoms with Gasteiger partial charge in [-0.05, 0) is 30.2 Å². The molecular formula is C12H9Cl4NS. The van der Waals surface area contributed by atoms with Crippen molar-refractivity contribution in [3.8, 4) is 0 Å². The third-order valence-electron chi connectivity index (χ3n) is 2.52. The van der Waals surface area contributed by atoms with Gasteiger partial charge in [0.05, 0.1) is 18.7 Å². The number of hydrogen-bond donors (Lipinski definition) is 1. The average molecular weight is 341 g/mol. The minimum absolute atomic E-state index is 0.210. The molecular weight excluding hydrogens is 332 g/mol. The summed E-state index contributed by atoms with van der Waals surface area (Å²) in [5.41, 5.74) is 7.99. The maximum atomic E-state index is 6.12. The van der Waals surface area contributed by atoms with Crippen LogP contribution in [0.25, 0.3) is 0 Å². The molecule has 2 aromatic rings. The predicted molar refractivity (Wildman–Crippen MR) is 81.4 cm³/mol. The van der Waals surface area contributed by atoms with Gasteiger partial charge >= 0.3 is 0 Å². The van der Waals surface area contributed by atoms with Gasteiger partial charge in [0.15, 0.2) is 0 Å². The van der Waals surface area contributed by atoms with Crippen molar-refractivity contribution >= 4 is 57.7 Å². The first kappa shape index (κ1) is 14.4. The van der Waals surface area contributed by atoms with E-state index in [1.807, 2.05) is 12.1 Å². The summed E-state index contributed by atoms with van der Waals surface area (Å²) in [6.45, 7) is 0. The van der Waals surface area contributed by atoms with Crippen molar-refractivity contribution in [2.24, 2.45) is 5.73 Å². The van der Waals surface area contributed by atoms with E-state index in [1.54, 1.807) is 12.1 Å². The highest BCUT2D eigenvalue weighted by Gasteiger charge is 2.14. The summed E-state index contributed by atoms with van der Waals surface area (Å²) >= 11 is 25.1. The Kier molecular flexibility index (Phi) is 4.81. The molecule has 2 rings (SSSR count). The van der Waals surface area contributed by atoms with E-state index >= 15 is 0 Å². The molecule has 0 saturated carbocycles. The second-order valence-corrected chi connectivity index (χ2v) is 6.94. The van der Waals surface area contributed by atoms with Gasteiger partial charge in [-0.25, -0.2) is 0 Å². The van der Waals surface area contributed by atoms with Crippen molar-refractivity contribution in [3.63, 3.8) is 0 Å². The predicted octanol–water partition coefficient (Wildman–Crippen LogP) is 5.60. The smallest absolute Gasteiger partial charge is 0.0992 e. The van der Waals surface area contributed by atoms with E-state index in [0.717, 1.165) is 11.1 Å². The molecule has 18 heavy (non-hydrogen) atoms. The standard InChI is InChI=1S/C12H9Cl4NS/c13-8-2-1-6(3-9(8)14)4-10(17)7-5-11(15)18-12(7)16/h1-3,5,10H,4,17H2. The molecule has 1 aromatic carbocycles. The average Bonchev–Trinajstić information content (AvgIpc) is 2.63. The van der Waals surface area contributed by atoms with Gasteiger partial charge in [0, 0.05) is 11.6 Å². The van der Waals surface area contributed by atoms with Crippen molar-refractivity contribution in [3.05, 3.63) is 54.1 Å². The maximum absolute atomic E-state index is 6.12. The molecule has 1 heterocycles. The van der Waals surface area contributed by atoms with Gasteiger partial charge in [-0.1, -0.05) is 52.5 Å². The molecule has 0 saturated heterocycles. The van der Waals surface area contributed by atoms with E-state index in [-0.39, 0.29) is 6.04 Å². The van der Waals surface area contributed by atoms with Crippen molar-refractivity contribution < 1.29 is 0 Å². The second-order valence-electron chi connectivity index (χ2n) is 3.84. The lowest BCUT2D eigenvalue weighted by Crippen LogP contribution is -2.12. The Labute approximate surface area is 129 Å². The van der Waals surface area contributed by atoms with Crippen LogP contribution in [0.2, 0.25) is 18.7 Å². The Morgan fingerprint density at radius 3 is 2.33 bits per heavy atom. The van der Waals surface area contributed by atoms with E-state index in [0.29, 0.717) is 25.1 Å². The van der Waals surface area contributed by atoms with Crippen LogP contribution < -0.4 is 5.73 Å². The third-order valence-corrected chi connectivity index (χ3v) is 4.78. The zero-order chi connectivity index (χ0) is 13.3. The van der Waals surface area contributed by atoms with Crippen LogP contribution >= 0.6 is 57.7 Å². The zero-order valence-electron chi connectivity index (χ0n) is 9.09. The summed E-state index contributed by atoms with van der Waals surface area (Å²) in [6.07, 6.45) is 0.629. The number of rotatable bonds is 3. The molecule has 0 spiro atoms. The molecule has 2 N–H and O–H groups in total. The second kappa shape index (κ2) is 6.00. The Hall–Kier alpha value is 0.0400.